The fourth-order valence-electron chi connectivity index (χ4n) is 1.39. The van der Waals surface area contributed by atoms with Crippen LogP contribution in [-0.4, -0.2) is 9.91 Å². The summed E-state index contributed by atoms with van der Waals surface area (Å²) in [7, 11) is 0. The molecule has 18 heavy (non-hydrogen) atoms. The number of nitrogens with one attached hydrogen (secondary N) is 1. The summed E-state index contributed by atoms with van der Waals surface area (Å²) in [6.07, 6.45) is 0. The average Bonchev–Trinajstić information content (AvgIpc) is 2.31. The Hall–Kier alpha value is -2.34. The zero-order valence-electron chi connectivity index (χ0n) is 9.13. The molecule has 0 bridgehead atoms. The van der Waals surface area contributed by atoms with Gasteiger partial charge in [-0.3, -0.25) is 10.1 Å². The van der Waals surface area contributed by atoms with E-state index < -0.39 is 4.92 Å². The zero-order valence-corrected chi connectivity index (χ0v) is 9.89. The molecule has 2 rings (SSSR count). The molecule has 0 fully saturated rings. The topological polar surface area (TPSA) is 94.1 Å². The number of anilines is 3. The third kappa shape index (κ3) is 2.86. The third-order valence-electron chi connectivity index (χ3n) is 2.16. The molecule has 1 aromatic heterocycles. The third-order valence-corrected chi connectivity index (χ3v) is 2.41. The van der Waals surface area contributed by atoms with Crippen molar-refractivity contribution < 1.29 is 4.92 Å². The summed E-state index contributed by atoms with van der Waals surface area (Å²) in [5, 5.41) is 14.2. The molecule has 6 nitrogen and oxygen atoms in total. The number of benzene rings is 1. The Labute approximate surface area is 108 Å². The van der Waals surface area contributed by atoms with Crippen LogP contribution >= 0.6 is 11.6 Å². The fraction of sp³-hybridized carbons (Fsp3) is 0. The number of halogens is 1. The van der Waals surface area contributed by atoms with E-state index >= 15 is 0 Å². The van der Waals surface area contributed by atoms with Gasteiger partial charge in [0, 0.05) is 10.7 Å². The van der Waals surface area contributed by atoms with Gasteiger partial charge in [-0.15, -0.1) is 0 Å². The first kappa shape index (κ1) is 12.1. The molecule has 0 aliphatic heterocycles. The van der Waals surface area contributed by atoms with E-state index in [-0.39, 0.29) is 11.5 Å². The van der Waals surface area contributed by atoms with Crippen molar-refractivity contribution in [3.8, 4) is 0 Å². The van der Waals surface area contributed by atoms with E-state index in [0.717, 1.165) is 0 Å². The van der Waals surface area contributed by atoms with Gasteiger partial charge in [0.05, 0.1) is 17.1 Å². The normalized spacial score (nSPS) is 10.1. The molecule has 0 saturated carbocycles. The number of nitrogen functional groups attached to an aromatic ring is 1. The van der Waals surface area contributed by atoms with Crippen LogP contribution in [-0.2, 0) is 0 Å². The van der Waals surface area contributed by atoms with Gasteiger partial charge >= 0.3 is 0 Å². The van der Waals surface area contributed by atoms with Crippen LogP contribution in [0.4, 0.5) is 23.0 Å². The number of rotatable bonds is 3. The number of nitrogens with zero attached hydrogens (tertiary/aromatic N) is 2. The molecule has 2 aromatic rings. The quantitative estimate of drug-likeness (QED) is 0.656. The second-order valence-corrected chi connectivity index (χ2v) is 3.96. The lowest BCUT2D eigenvalue weighted by Crippen LogP contribution is -1.99. The summed E-state index contributed by atoms with van der Waals surface area (Å²) < 4.78 is 0. The molecule has 0 spiro atoms. The van der Waals surface area contributed by atoms with Crippen LogP contribution < -0.4 is 11.1 Å². The number of nitro groups is 1. The first-order valence-electron chi connectivity index (χ1n) is 4.99. The van der Waals surface area contributed by atoms with Gasteiger partial charge < -0.3 is 11.1 Å². The lowest BCUT2D eigenvalue weighted by atomic mass is 10.3. The van der Waals surface area contributed by atoms with Crippen LogP contribution in [0, 0.1) is 10.1 Å². The summed E-state index contributed by atoms with van der Waals surface area (Å²) in [6, 6.07) is 9.38. The number of hydrogen-bond donors (Lipinski definition) is 2. The zero-order chi connectivity index (χ0) is 13.1. The molecule has 0 atom stereocenters. The number of aromatic nitrogens is 1. The molecule has 0 aliphatic carbocycles. The molecule has 1 aromatic carbocycles. The van der Waals surface area contributed by atoms with Gasteiger partial charge in [-0.2, -0.15) is 0 Å². The van der Waals surface area contributed by atoms with Crippen molar-refractivity contribution in [1.82, 2.24) is 4.98 Å². The number of pyridine rings is 1. The number of hydrogen-bond acceptors (Lipinski definition) is 5. The highest BCUT2D eigenvalue weighted by atomic mass is 35.5. The van der Waals surface area contributed by atoms with Crippen molar-refractivity contribution in [2.24, 2.45) is 0 Å². The first-order chi connectivity index (χ1) is 8.54. The molecular formula is C11H9ClN4O2. The van der Waals surface area contributed by atoms with Crippen LogP contribution in [0.15, 0.2) is 36.4 Å². The van der Waals surface area contributed by atoms with Gasteiger partial charge in [-0.1, -0.05) is 11.6 Å². The van der Waals surface area contributed by atoms with E-state index in [1.54, 1.807) is 24.3 Å². The number of nitrogens with two attached hydrogens (primary N) is 1. The maximum atomic E-state index is 10.7. The summed E-state index contributed by atoms with van der Waals surface area (Å²) in [5.74, 6) is 0.393. The van der Waals surface area contributed by atoms with Crippen molar-refractivity contribution in [1.29, 1.82) is 0 Å². The predicted octanol–water partition coefficient (Wildman–Crippen LogP) is 2.97. The second kappa shape index (κ2) is 4.89. The minimum Gasteiger partial charge on any atom is -0.383 e. The Morgan fingerprint density at radius 2 is 1.94 bits per heavy atom. The van der Waals surface area contributed by atoms with E-state index in [9.17, 15) is 10.1 Å². The molecule has 7 heteroatoms. The fourth-order valence-corrected chi connectivity index (χ4v) is 1.51. The van der Waals surface area contributed by atoms with Crippen molar-refractivity contribution in [2.45, 2.75) is 0 Å². The van der Waals surface area contributed by atoms with Crippen LogP contribution in [0.25, 0.3) is 0 Å². The van der Waals surface area contributed by atoms with Crippen LogP contribution in [0.5, 0.6) is 0 Å². The summed E-state index contributed by atoms with van der Waals surface area (Å²) in [5.41, 5.74) is 6.10. The minimum atomic E-state index is -0.523. The molecule has 3 N–H and O–H groups in total. The minimum absolute atomic E-state index is 0.0839. The predicted molar refractivity (Wildman–Crippen MR) is 70.0 cm³/mol. The largest absolute Gasteiger partial charge is 0.383 e. The Bertz CT molecular complexity index is 586. The Kier molecular flexibility index (Phi) is 3.29. The lowest BCUT2D eigenvalue weighted by molar-refractivity contribution is -0.384. The highest BCUT2D eigenvalue weighted by Gasteiger charge is 2.09. The van der Waals surface area contributed by atoms with Crippen LogP contribution in [0.3, 0.4) is 0 Å². The molecular weight excluding hydrogens is 256 g/mol. The average molecular weight is 265 g/mol. The standard InChI is InChI=1S/C11H9ClN4O2/c12-7-1-3-8(4-2-7)14-11-6-9(16(17)18)5-10(13)15-11/h1-6H,(H3,13,14,15). The molecule has 0 radical (unpaired) electrons. The summed E-state index contributed by atoms with van der Waals surface area (Å²) in [6.45, 7) is 0. The molecule has 0 unspecified atom stereocenters. The Balaban J connectivity index is 2.28. The Morgan fingerprint density at radius 3 is 2.56 bits per heavy atom. The summed E-state index contributed by atoms with van der Waals surface area (Å²) >= 11 is 5.75. The first-order valence-corrected chi connectivity index (χ1v) is 5.37. The maximum Gasteiger partial charge on any atom is 0.276 e. The van der Waals surface area contributed by atoms with E-state index in [0.29, 0.717) is 16.5 Å². The van der Waals surface area contributed by atoms with Crippen molar-refractivity contribution in [2.75, 3.05) is 11.1 Å². The second-order valence-electron chi connectivity index (χ2n) is 3.52. The van der Waals surface area contributed by atoms with Gasteiger partial charge in [0.15, 0.2) is 0 Å². The molecule has 0 amide bonds. The SMILES string of the molecule is Nc1cc([N+](=O)[O-])cc(Nc2ccc(Cl)cc2)n1. The monoisotopic (exact) mass is 264 g/mol. The molecule has 92 valence electrons. The van der Waals surface area contributed by atoms with Crippen LogP contribution in [0.1, 0.15) is 0 Å². The van der Waals surface area contributed by atoms with Gasteiger partial charge in [0.2, 0.25) is 0 Å². The Morgan fingerprint density at radius 1 is 1.28 bits per heavy atom. The molecule has 0 aliphatic rings. The van der Waals surface area contributed by atoms with Crippen molar-refractivity contribution >= 4 is 34.6 Å². The van der Waals surface area contributed by atoms with Gasteiger partial charge in [0.25, 0.3) is 5.69 Å². The van der Waals surface area contributed by atoms with Crippen LogP contribution in [0.2, 0.25) is 5.02 Å². The molecule has 1 heterocycles. The van der Waals surface area contributed by atoms with Crippen molar-refractivity contribution in [3.05, 3.63) is 51.5 Å². The highest BCUT2D eigenvalue weighted by molar-refractivity contribution is 6.30. The van der Waals surface area contributed by atoms with E-state index in [1.807, 2.05) is 0 Å². The van der Waals surface area contributed by atoms with E-state index in [2.05, 4.69) is 10.3 Å². The van der Waals surface area contributed by atoms with E-state index in [1.165, 1.54) is 12.1 Å². The van der Waals surface area contributed by atoms with Crippen molar-refractivity contribution in [3.63, 3.8) is 0 Å². The lowest BCUT2D eigenvalue weighted by Gasteiger charge is -2.06. The van der Waals surface area contributed by atoms with Gasteiger partial charge in [0.1, 0.15) is 11.6 Å². The van der Waals surface area contributed by atoms with E-state index in [4.69, 9.17) is 17.3 Å². The smallest absolute Gasteiger partial charge is 0.276 e. The highest BCUT2D eigenvalue weighted by Crippen LogP contribution is 2.22. The van der Waals surface area contributed by atoms with Gasteiger partial charge in [-0.05, 0) is 24.3 Å². The molecule has 0 saturated heterocycles. The van der Waals surface area contributed by atoms with Gasteiger partial charge in [-0.25, -0.2) is 4.98 Å². The maximum absolute atomic E-state index is 10.7. The summed E-state index contributed by atoms with van der Waals surface area (Å²) in [4.78, 5) is 14.1.